The van der Waals surface area contributed by atoms with Crippen molar-refractivity contribution in [1.29, 1.82) is 0 Å². The Hall–Kier alpha value is -3.62. The summed E-state index contributed by atoms with van der Waals surface area (Å²) in [5.74, 6) is 2.82. The number of anilines is 2. The Balaban J connectivity index is 1.46. The highest BCUT2D eigenvalue weighted by atomic mass is 16.5. The van der Waals surface area contributed by atoms with Crippen molar-refractivity contribution >= 4 is 17.5 Å². The van der Waals surface area contributed by atoms with Crippen molar-refractivity contribution in [1.82, 2.24) is 20.0 Å². The zero-order valence-electron chi connectivity index (χ0n) is 18.6. The van der Waals surface area contributed by atoms with Gasteiger partial charge in [-0.25, -0.2) is 9.78 Å². The van der Waals surface area contributed by atoms with Gasteiger partial charge in [-0.15, -0.1) is 0 Å². The van der Waals surface area contributed by atoms with Crippen molar-refractivity contribution in [2.24, 2.45) is 0 Å². The molecule has 3 heterocycles. The number of hydrogen-bond donors (Lipinski definition) is 1. The number of carbonyl (C=O) groups is 1. The lowest BCUT2D eigenvalue weighted by molar-refractivity contribution is 0.215. The summed E-state index contributed by atoms with van der Waals surface area (Å²) in [5, 5.41) is 7.04. The minimum atomic E-state index is -0.125. The summed E-state index contributed by atoms with van der Waals surface area (Å²) < 4.78 is 10.7. The Bertz CT molecular complexity index is 1070. The number of aromatic nitrogens is 3. The molecule has 1 N–H and O–H groups in total. The number of hydrogen-bond acceptors (Lipinski definition) is 7. The van der Waals surface area contributed by atoms with Gasteiger partial charge in [0.1, 0.15) is 11.6 Å². The fourth-order valence-electron chi connectivity index (χ4n) is 3.63. The van der Waals surface area contributed by atoms with Crippen LogP contribution < -0.4 is 15.0 Å². The van der Waals surface area contributed by atoms with E-state index in [4.69, 9.17) is 9.26 Å². The molecule has 3 aromatic rings. The molecule has 1 aliphatic rings. The highest BCUT2D eigenvalue weighted by Crippen LogP contribution is 2.29. The van der Waals surface area contributed by atoms with Crippen LogP contribution in [0.2, 0.25) is 0 Å². The molecule has 0 saturated carbocycles. The van der Waals surface area contributed by atoms with Crippen LogP contribution >= 0.6 is 0 Å². The summed E-state index contributed by atoms with van der Waals surface area (Å²) in [7, 11) is 1.61. The number of pyridine rings is 1. The molecule has 4 rings (SSSR count). The van der Waals surface area contributed by atoms with E-state index in [1.807, 2.05) is 49.1 Å². The van der Waals surface area contributed by atoms with Crippen LogP contribution in [0.15, 0.2) is 47.1 Å². The van der Waals surface area contributed by atoms with E-state index in [1.54, 1.807) is 19.4 Å². The highest BCUT2D eigenvalue weighted by Gasteiger charge is 2.24. The summed E-state index contributed by atoms with van der Waals surface area (Å²) in [6.07, 6.45) is 2.58. The molecule has 168 valence electrons. The Morgan fingerprint density at radius 2 is 2.03 bits per heavy atom. The van der Waals surface area contributed by atoms with E-state index in [2.05, 4.69) is 25.3 Å². The normalized spacial score (nSPS) is 14.4. The van der Waals surface area contributed by atoms with Gasteiger partial charge < -0.3 is 24.4 Å². The molecule has 2 aromatic heterocycles. The molecule has 0 radical (unpaired) electrons. The monoisotopic (exact) mass is 436 g/mol. The van der Waals surface area contributed by atoms with Gasteiger partial charge in [-0.2, -0.15) is 4.98 Å². The second-order valence-corrected chi connectivity index (χ2v) is 7.98. The average molecular weight is 437 g/mol. The second-order valence-electron chi connectivity index (χ2n) is 7.98. The molecule has 0 bridgehead atoms. The van der Waals surface area contributed by atoms with Crippen molar-refractivity contribution in [3.63, 3.8) is 0 Å². The maximum absolute atomic E-state index is 12.8. The van der Waals surface area contributed by atoms with Crippen LogP contribution in [0.3, 0.4) is 0 Å². The minimum absolute atomic E-state index is 0.125. The zero-order chi connectivity index (χ0) is 22.5. The van der Waals surface area contributed by atoms with Gasteiger partial charge in [-0.1, -0.05) is 25.1 Å². The van der Waals surface area contributed by atoms with E-state index in [9.17, 15) is 4.79 Å². The van der Waals surface area contributed by atoms with Crippen LogP contribution in [0.4, 0.5) is 16.3 Å². The molecule has 2 amide bonds. The van der Waals surface area contributed by atoms with E-state index in [-0.39, 0.29) is 11.9 Å². The van der Waals surface area contributed by atoms with E-state index in [1.165, 1.54) is 0 Å². The molecule has 1 saturated heterocycles. The SMILES string of the molecule is COc1cccc(NC(=O)N2CCCN(c3ncccc3-c3nc(C(C)C)no3)CC2)c1. The summed E-state index contributed by atoms with van der Waals surface area (Å²) in [6, 6.07) is 11.0. The number of nitrogens with one attached hydrogen (secondary N) is 1. The Morgan fingerprint density at radius 1 is 1.16 bits per heavy atom. The third-order valence-corrected chi connectivity index (χ3v) is 5.38. The molecule has 1 aliphatic heterocycles. The zero-order valence-corrected chi connectivity index (χ0v) is 18.6. The van der Waals surface area contributed by atoms with Gasteiger partial charge in [-0.05, 0) is 30.7 Å². The van der Waals surface area contributed by atoms with Crippen LogP contribution in [0.25, 0.3) is 11.5 Å². The Morgan fingerprint density at radius 3 is 2.81 bits per heavy atom. The van der Waals surface area contributed by atoms with Gasteiger partial charge in [0.05, 0.1) is 12.7 Å². The number of ether oxygens (including phenoxy) is 1. The topological polar surface area (TPSA) is 96.6 Å². The summed E-state index contributed by atoms with van der Waals surface area (Å²) >= 11 is 0. The molecule has 1 fully saturated rings. The molecular formula is C23H28N6O3. The van der Waals surface area contributed by atoms with Gasteiger partial charge in [0, 0.05) is 50.0 Å². The summed E-state index contributed by atoms with van der Waals surface area (Å²) in [5.41, 5.74) is 1.51. The van der Waals surface area contributed by atoms with Crippen LogP contribution in [0.5, 0.6) is 5.75 Å². The van der Waals surface area contributed by atoms with Crippen LogP contribution in [0, 0.1) is 0 Å². The molecule has 1 aromatic carbocycles. The predicted molar refractivity (Wildman–Crippen MR) is 122 cm³/mol. The standard InChI is InChI=1S/C23H28N6O3/c1-16(2)20-26-22(32-27-20)19-9-5-10-24-21(19)28-11-6-12-29(14-13-28)23(30)25-17-7-4-8-18(15-17)31-3/h4-5,7-10,15-16H,6,11-14H2,1-3H3,(H,25,30). The lowest BCUT2D eigenvalue weighted by Gasteiger charge is -2.24. The third-order valence-electron chi connectivity index (χ3n) is 5.38. The van der Waals surface area contributed by atoms with E-state index in [0.717, 1.165) is 24.3 Å². The second kappa shape index (κ2) is 9.67. The fourth-order valence-corrected chi connectivity index (χ4v) is 3.63. The lowest BCUT2D eigenvalue weighted by Crippen LogP contribution is -2.38. The number of nitrogens with zero attached hydrogens (tertiary/aromatic N) is 5. The fraction of sp³-hybridized carbons (Fsp3) is 0.391. The van der Waals surface area contributed by atoms with Gasteiger partial charge in [-0.3, -0.25) is 0 Å². The first kappa shape index (κ1) is 21.6. The number of rotatable bonds is 5. The van der Waals surface area contributed by atoms with E-state index >= 15 is 0 Å². The third kappa shape index (κ3) is 4.82. The Kier molecular flexibility index (Phi) is 6.53. The average Bonchev–Trinajstić information content (AvgIpc) is 3.18. The number of amides is 2. The molecule has 32 heavy (non-hydrogen) atoms. The molecule has 0 unspecified atom stereocenters. The lowest BCUT2D eigenvalue weighted by atomic mass is 10.2. The molecule has 0 atom stereocenters. The summed E-state index contributed by atoms with van der Waals surface area (Å²) in [4.78, 5) is 26.0. The first-order valence-corrected chi connectivity index (χ1v) is 10.8. The predicted octanol–water partition coefficient (Wildman–Crippen LogP) is 4.01. The van der Waals surface area contributed by atoms with Crippen LogP contribution in [0.1, 0.15) is 32.0 Å². The number of urea groups is 1. The van der Waals surface area contributed by atoms with Gasteiger partial charge >= 0.3 is 6.03 Å². The first-order valence-electron chi connectivity index (χ1n) is 10.8. The molecule has 9 heteroatoms. The summed E-state index contributed by atoms with van der Waals surface area (Å²) in [6.45, 7) is 6.72. The highest BCUT2D eigenvalue weighted by molar-refractivity contribution is 5.89. The van der Waals surface area contributed by atoms with Crippen LogP contribution in [-0.4, -0.2) is 59.3 Å². The van der Waals surface area contributed by atoms with E-state index < -0.39 is 0 Å². The molecular weight excluding hydrogens is 408 g/mol. The van der Waals surface area contributed by atoms with Crippen molar-refractivity contribution in [3.8, 4) is 17.2 Å². The van der Waals surface area contributed by atoms with Crippen molar-refractivity contribution < 1.29 is 14.1 Å². The largest absolute Gasteiger partial charge is 0.497 e. The van der Waals surface area contributed by atoms with Gasteiger partial charge in [0.25, 0.3) is 5.89 Å². The quantitative estimate of drug-likeness (QED) is 0.645. The number of carbonyl (C=O) groups excluding carboxylic acids is 1. The smallest absolute Gasteiger partial charge is 0.321 e. The van der Waals surface area contributed by atoms with E-state index in [0.29, 0.717) is 42.8 Å². The minimum Gasteiger partial charge on any atom is -0.497 e. The maximum Gasteiger partial charge on any atom is 0.321 e. The molecule has 0 aliphatic carbocycles. The van der Waals surface area contributed by atoms with Crippen molar-refractivity contribution in [2.45, 2.75) is 26.2 Å². The van der Waals surface area contributed by atoms with Crippen LogP contribution in [-0.2, 0) is 0 Å². The maximum atomic E-state index is 12.8. The number of benzene rings is 1. The van der Waals surface area contributed by atoms with Crippen molar-refractivity contribution in [2.75, 3.05) is 43.5 Å². The van der Waals surface area contributed by atoms with Crippen molar-refractivity contribution in [3.05, 3.63) is 48.4 Å². The molecule has 9 nitrogen and oxygen atoms in total. The first-order chi connectivity index (χ1) is 15.5. The van der Waals surface area contributed by atoms with Gasteiger partial charge in [0.15, 0.2) is 5.82 Å². The number of methoxy groups -OCH3 is 1. The van der Waals surface area contributed by atoms with Gasteiger partial charge in [0.2, 0.25) is 0 Å². The molecule has 0 spiro atoms. The Labute approximate surface area is 187 Å².